The molecule has 2 heterocycles. The first-order valence-electron chi connectivity index (χ1n) is 10.1. The fourth-order valence-electron chi connectivity index (χ4n) is 3.44. The van der Waals surface area contributed by atoms with Crippen LogP contribution in [0.2, 0.25) is 0 Å². The van der Waals surface area contributed by atoms with Crippen LogP contribution in [-0.4, -0.2) is 28.9 Å². The van der Waals surface area contributed by atoms with Crippen molar-refractivity contribution in [1.82, 2.24) is 9.55 Å². The first-order chi connectivity index (χ1) is 16.1. The summed E-state index contributed by atoms with van der Waals surface area (Å²) >= 11 is 0. The van der Waals surface area contributed by atoms with E-state index in [1.54, 1.807) is 24.4 Å². The zero-order chi connectivity index (χ0) is 24.5. The van der Waals surface area contributed by atoms with Crippen molar-refractivity contribution in [3.05, 3.63) is 82.8 Å². The molecule has 0 fully saturated rings. The van der Waals surface area contributed by atoms with Gasteiger partial charge in [-0.15, -0.1) is 0 Å². The largest absolute Gasteiger partial charge is 0.435 e. The molecule has 0 unspecified atom stereocenters. The molecule has 0 radical (unpaired) electrons. The molecular formula is C24H18F5N3O2. The summed E-state index contributed by atoms with van der Waals surface area (Å²) < 4.78 is 68.8. The topological polar surface area (TPSA) is 56.1 Å². The van der Waals surface area contributed by atoms with Gasteiger partial charge in [0, 0.05) is 17.3 Å². The van der Waals surface area contributed by atoms with Crippen molar-refractivity contribution in [1.29, 1.82) is 0 Å². The lowest BCUT2D eigenvalue weighted by Crippen LogP contribution is -2.22. The molecule has 0 saturated heterocycles. The number of halogens is 5. The normalized spacial score (nSPS) is 11.7. The molecule has 0 bridgehead atoms. The highest BCUT2D eigenvalue weighted by molar-refractivity contribution is 5.94. The summed E-state index contributed by atoms with van der Waals surface area (Å²) in [6.45, 7) is -2.40. The Morgan fingerprint density at radius 3 is 2.29 bits per heavy atom. The molecule has 34 heavy (non-hydrogen) atoms. The Morgan fingerprint density at radius 1 is 1.00 bits per heavy atom. The first kappa shape index (κ1) is 23.2. The molecule has 2 aromatic heterocycles. The SMILES string of the molecule is Cc1ccc(-n2cc3ccc(NCC(F)(F)F)nc3c(-c3ccc(OC(F)F)cc3)c2=O)cc1. The van der Waals surface area contributed by atoms with Gasteiger partial charge in [-0.05, 0) is 48.9 Å². The summed E-state index contributed by atoms with van der Waals surface area (Å²) in [5.74, 6) is -0.158. The van der Waals surface area contributed by atoms with E-state index in [-0.39, 0.29) is 22.6 Å². The summed E-state index contributed by atoms with van der Waals surface area (Å²) in [6, 6.07) is 15.6. The van der Waals surface area contributed by atoms with Crippen molar-refractivity contribution in [2.45, 2.75) is 19.7 Å². The van der Waals surface area contributed by atoms with E-state index >= 15 is 0 Å². The zero-order valence-electron chi connectivity index (χ0n) is 17.7. The van der Waals surface area contributed by atoms with Gasteiger partial charge >= 0.3 is 12.8 Å². The molecule has 0 aliphatic carbocycles. The van der Waals surface area contributed by atoms with Gasteiger partial charge in [0.1, 0.15) is 18.1 Å². The van der Waals surface area contributed by atoms with Crippen LogP contribution in [0.1, 0.15) is 5.56 Å². The molecule has 0 spiro atoms. The minimum absolute atomic E-state index is 0.0591. The lowest BCUT2D eigenvalue weighted by molar-refractivity contribution is -0.115. The van der Waals surface area contributed by atoms with E-state index in [1.807, 2.05) is 19.1 Å². The molecule has 5 nitrogen and oxygen atoms in total. The summed E-state index contributed by atoms with van der Waals surface area (Å²) in [7, 11) is 0. The molecule has 4 rings (SSSR count). The highest BCUT2D eigenvalue weighted by atomic mass is 19.4. The van der Waals surface area contributed by atoms with E-state index in [4.69, 9.17) is 0 Å². The first-order valence-corrected chi connectivity index (χ1v) is 10.1. The molecule has 1 N–H and O–H groups in total. The number of rotatable bonds is 6. The lowest BCUT2D eigenvalue weighted by Gasteiger charge is -2.14. The number of aromatic nitrogens is 2. The molecule has 176 valence electrons. The Balaban J connectivity index is 1.90. The fraction of sp³-hybridized carbons (Fsp3) is 0.167. The number of hydrogen-bond donors (Lipinski definition) is 1. The maximum atomic E-state index is 13.5. The Hall–Kier alpha value is -3.95. The van der Waals surface area contributed by atoms with Gasteiger partial charge in [0.2, 0.25) is 0 Å². The molecule has 10 heteroatoms. The quantitative estimate of drug-likeness (QED) is 0.351. The number of pyridine rings is 2. The number of anilines is 1. The number of hydrogen-bond acceptors (Lipinski definition) is 4. The van der Waals surface area contributed by atoms with Gasteiger partial charge in [0.25, 0.3) is 5.56 Å². The second kappa shape index (κ2) is 9.12. The average molecular weight is 475 g/mol. The number of nitrogens with zero attached hydrogens (tertiary/aromatic N) is 2. The summed E-state index contributed by atoms with van der Waals surface area (Å²) in [5.41, 5.74) is 1.73. The number of benzene rings is 2. The van der Waals surface area contributed by atoms with Crippen LogP contribution in [0.25, 0.3) is 27.7 Å². The van der Waals surface area contributed by atoms with Gasteiger partial charge in [-0.25, -0.2) is 4.98 Å². The van der Waals surface area contributed by atoms with Gasteiger partial charge in [-0.3, -0.25) is 9.36 Å². The minimum Gasteiger partial charge on any atom is -0.435 e. The van der Waals surface area contributed by atoms with Crippen molar-refractivity contribution in [2.24, 2.45) is 0 Å². The molecular weight excluding hydrogens is 457 g/mol. The zero-order valence-corrected chi connectivity index (χ0v) is 17.7. The Bertz CT molecular complexity index is 1370. The number of ether oxygens (including phenoxy) is 1. The van der Waals surface area contributed by atoms with Crippen LogP contribution in [0.4, 0.5) is 27.8 Å². The average Bonchev–Trinajstić information content (AvgIpc) is 2.78. The molecule has 4 aromatic rings. The maximum absolute atomic E-state index is 13.5. The number of aryl methyl sites for hydroxylation is 1. The molecule has 0 saturated carbocycles. The van der Waals surface area contributed by atoms with Crippen molar-refractivity contribution < 1.29 is 26.7 Å². The van der Waals surface area contributed by atoms with Gasteiger partial charge in [-0.1, -0.05) is 29.8 Å². The van der Waals surface area contributed by atoms with Crippen LogP contribution in [-0.2, 0) is 0 Å². The molecule has 0 amide bonds. The van der Waals surface area contributed by atoms with Crippen LogP contribution < -0.4 is 15.6 Å². The van der Waals surface area contributed by atoms with Gasteiger partial charge in [0.05, 0.1) is 11.1 Å². The molecule has 2 aromatic carbocycles. The van der Waals surface area contributed by atoms with E-state index in [1.165, 1.54) is 34.9 Å². The predicted molar refractivity (Wildman–Crippen MR) is 119 cm³/mol. The van der Waals surface area contributed by atoms with Gasteiger partial charge < -0.3 is 10.1 Å². The third kappa shape index (κ3) is 5.16. The molecule has 0 aliphatic rings. The monoisotopic (exact) mass is 475 g/mol. The standard InChI is InChI=1S/C24H18F5N3O2/c1-14-2-7-17(8-3-14)32-12-16-6-11-19(30-13-24(27,28)29)31-21(16)20(22(32)33)15-4-9-18(10-5-15)34-23(25)26/h2-12,23H,13H2,1H3,(H,30,31). The van der Waals surface area contributed by atoms with E-state index < -0.39 is 24.9 Å². The Kier molecular flexibility index (Phi) is 6.23. The third-order valence-electron chi connectivity index (χ3n) is 5.01. The van der Waals surface area contributed by atoms with Gasteiger partial charge in [-0.2, -0.15) is 22.0 Å². The van der Waals surface area contributed by atoms with Crippen LogP contribution in [0, 0.1) is 6.92 Å². The Morgan fingerprint density at radius 2 is 1.68 bits per heavy atom. The third-order valence-corrected chi connectivity index (χ3v) is 5.01. The van der Waals surface area contributed by atoms with E-state index in [9.17, 15) is 26.7 Å². The molecule has 0 atom stereocenters. The van der Waals surface area contributed by atoms with E-state index in [2.05, 4.69) is 15.0 Å². The molecule has 0 aliphatic heterocycles. The van der Waals surface area contributed by atoms with Crippen LogP contribution in [0.15, 0.2) is 71.7 Å². The van der Waals surface area contributed by atoms with Crippen LogP contribution in [0.3, 0.4) is 0 Å². The highest BCUT2D eigenvalue weighted by Crippen LogP contribution is 2.29. The highest BCUT2D eigenvalue weighted by Gasteiger charge is 2.27. The summed E-state index contributed by atoms with van der Waals surface area (Å²) in [4.78, 5) is 17.8. The number of fused-ring (bicyclic) bond motifs is 1. The smallest absolute Gasteiger partial charge is 0.405 e. The maximum Gasteiger partial charge on any atom is 0.405 e. The van der Waals surface area contributed by atoms with E-state index in [0.717, 1.165) is 5.56 Å². The second-order valence-corrected chi connectivity index (χ2v) is 7.52. The van der Waals surface area contributed by atoms with Gasteiger partial charge in [0.15, 0.2) is 0 Å². The van der Waals surface area contributed by atoms with Crippen LogP contribution in [0.5, 0.6) is 5.75 Å². The van der Waals surface area contributed by atoms with Crippen LogP contribution >= 0.6 is 0 Å². The fourth-order valence-corrected chi connectivity index (χ4v) is 3.44. The van der Waals surface area contributed by atoms with Crippen molar-refractivity contribution >= 4 is 16.7 Å². The predicted octanol–water partition coefficient (Wildman–Crippen LogP) is 5.94. The summed E-state index contributed by atoms with van der Waals surface area (Å²) in [6.07, 6.45) is -2.89. The van der Waals surface area contributed by atoms with Crippen molar-refractivity contribution in [3.8, 4) is 22.6 Å². The van der Waals surface area contributed by atoms with Crippen molar-refractivity contribution in [3.63, 3.8) is 0 Å². The number of nitrogens with one attached hydrogen (secondary N) is 1. The lowest BCUT2D eigenvalue weighted by atomic mass is 10.0. The number of alkyl halides is 5. The minimum atomic E-state index is -4.45. The van der Waals surface area contributed by atoms with Crippen molar-refractivity contribution in [2.75, 3.05) is 11.9 Å². The Labute approximate surface area is 190 Å². The second-order valence-electron chi connectivity index (χ2n) is 7.52. The summed E-state index contributed by atoms with van der Waals surface area (Å²) in [5, 5.41) is 2.71. The van der Waals surface area contributed by atoms with E-state index in [0.29, 0.717) is 16.6 Å².